The first-order chi connectivity index (χ1) is 18.2. The number of hydrogen-bond acceptors (Lipinski definition) is 5. The third-order valence-corrected chi connectivity index (χ3v) is 6.40. The van der Waals surface area contributed by atoms with Gasteiger partial charge >= 0.3 is 12.0 Å². The molecule has 0 radical (unpaired) electrons. The van der Waals surface area contributed by atoms with Gasteiger partial charge in [-0.2, -0.15) is 0 Å². The summed E-state index contributed by atoms with van der Waals surface area (Å²) in [6.45, 7) is 1.87. The van der Waals surface area contributed by atoms with E-state index in [2.05, 4.69) is 15.6 Å². The van der Waals surface area contributed by atoms with Crippen molar-refractivity contribution in [1.82, 2.24) is 9.88 Å². The van der Waals surface area contributed by atoms with Gasteiger partial charge in [-0.1, -0.05) is 29.8 Å². The molecule has 11 heteroatoms. The van der Waals surface area contributed by atoms with Crippen LogP contribution >= 0.6 is 11.6 Å². The molecule has 3 aromatic rings. The predicted octanol–water partition coefficient (Wildman–Crippen LogP) is 4.95. The van der Waals surface area contributed by atoms with Crippen LogP contribution in [0.2, 0.25) is 5.15 Å². The van der Waals surface area contributed by atoms with Crippen molar-refractivity contribution in [2.45, 2.75) is 32.0 Å². The third-order valence-electron chi connectivity index (χ3n) is 6.11. The van der Waals surface area contributed by atoms with Crippen LogP contribution in [0.5, 0.6) is 5.75 Å². The number of aryl methyl sites for hydroxylation is 1. The Hall–Kier alpha value is -4.18. The molecule has 1 saturated heterocycles. The second-order valence-electron chi connectivity index (χ2n) is 8.89. The molecule has 1 fully saturated rings. The fraction of sp³-hybridized carbons (Fsp3) is 0.259. The smallest absolute Gasteiger partial charge is 0.335 e. The maximum Gasteiger partial charge on any atom is 0.335 e. The number of halogens is 2. The van der Waals surface area contributed by atoms with E-state index in [1.807, 2.05) is 25.1 Å². The maximum absolute atomic E-state index is 14.2. The molecule has 4 rings (SSSR count). The summed E-state index contributed by atoms with van der Waals surface area (Å²) < 4.78 is 19.9. The van der Waals surface area contributed by atoms with Gasteiger partial charge in [0.25, 0.3) is 0 Å². The number of likely N-dealkylation sites (tertiary alicyclic amines) is 1. The highest BCUT2D eigenvalue weighted by molar-refractivity contribution is 6.32. The van der Waals surface area contributed by atoms with Gasteiger partial charge in [-0.05, 0) is 55.0 Å². The van der Waals surface area contributed by atoms with Crippen LogP contribution in [0.1, 0.15) is 28.0 Å². The lowest BCUT2D eigenvalue weighted by atomic mass is 10.2. The first-order valence-electron chi connectivity index (χ1n) is 11.9. The summed E-state index contributed by atoms with van der Waals surface area (Å²) in [6.07, 6.45) is -1.16. The Morgan fingerprint density at radius 2 is 1.79 bits per heavy atom. The Kier molecular flexibility index (Phi) is 8.42. The molecule has 2 aromatic carbocycles. The Labute approximate surface area is 223 Å². The number of rotatable bonds is 8. The minimum Gasteiger partial charge on any atom is -0.491 e. The van der Waals surface area contributed by atoms with Crippen molar-refractivity contribution < 1.29 is 28.6 Å². The van der Waals surface area contributed by atoms with Gasteiger partial charge in [0.2, 0.25) is 5.91 Å². The lowest BCUT2D eigenvalue weighted by Crippen LogP contribution is -2.40. The number of anilines is 2. The molecule has 1 aliphatic rings. The number of para-hydroxylation sites is 1. The number of amides is 3. The molecule has 1 aromatic heterocycles. The number of aromatic nitrogens is 1. The molecule has 0 spiro atoms. The molecular weight excluding hydrogens is 515 g/mol. The first kappa shape index (κ1) is 26.9. The van der Waals surface area contributed by atoms with Gasteiger partial charge in [0.1, 0.15) is 18.5 Å². The number of pyridine rings is 1. The van der Waals surface area contributed by atoms with Gasteiger partial charge in [-0.15, -0.1) is 0 Å². The van der Waals surface area contributed by atoms with Crippen molar-refractivity contribution in [3.05, 3.63) is 82.6 Å². The normalized spacial score (nSPS) is 16.7. The molecule has 2 unspecified atom stereocenters. The van der Waals surface area contributed by atoms with E-state index in [-0.39, 0.29) is 48.3 Å². The summed E-state index contributed by atoms with van der Waals surface area (Å²) in [5.41, 5.74) is 2.33. The van der Waals surface area contributed by atoms with Crippen LogP contribution in [0.25, 0.3) is 0 Å². The molecule has 38 heavy (non-hydrogen) atoms. The monoisotopic (exact) mass is 540 g/mol. The predicted molar refractivity (Wildman–Crippen MR) is 141 cm³/mol. The standard InChI is InChI=1S/C27H26ClFN4O5/c1-16-4-2-3-5-22(16)31-27(37)32-23-11-8-19(30-25(23)28)13-24(34)33-14-18(29)12-20(33)15-38-21-9-6-17(7-10-21)26(35)36/h2-11,18,20H,12-15H2,1H3,(H,35,36)(H2,31,32,37). The highest BCUT2D eigenvalue weighted by atomic mass is 35.5. The van der Waals surface area contributed by atoms with Gasteiger partial charge in [-0.3, -0.25) is 4.79 Å². The Morgan fingerprint density at radius 3 is 2.47 bits per heavy atom. The van der Waals surface area contributed by atoms with Crippen molar-refractivity contribution in [2.75, 3.05) is 23.8 Å². The van der Waals surface area contributed by atoms with E-state index < -0.39 is 24.2 Å². The number of nitrogens with one attached hydrogen (secondary N) is 2. The summed E-state index contributed by atoms with van der Waals surface area (Å²) >= 11 is 6.26. The second-order valence-corrected chi connectivity index (χ2v) is 9.24. The van der Waals surface area contributed by atoms with Gasteiger partial charge in [0, 0.05) is 12.1 Å². The number of benzene rings is 2. The zero-order valence-electron chi connectivity index (χ0n) is 20.5. The average Bonchev–Trinajstić information content (AvgIpc) is 3.26. The van der Waals surface area contributed by atoms with Gasteiger partial charge in [0.05, 0.1) is 36.0 Å². The first-order valence-corrected chi connectivity index (χ1v) is 12.3. The molecule has 2 heterocycles. The van der Waals surface area contributed by atoms with E-state index in [1.54, 1.807) is 18.2 Å². The van der Waals surface area contributed by atoms with Crippen molar-refractivity contribution in [1.29, 1.82) is 0 Å². The number of nitrogens with zero attached hydrogens (tertiary/aromatic N) is 2. The van der Waals surface area contributed by atoms with Crippen LogP contribution in [0, 0.1) is 6.92 Å². The number of aromatic carboxylic acids is 1. The summed E-state index contributed by atoms with van der Waals surface area (Å²) in [7, 11) is 0. The summed E-state index contributed by atoms with van der Waals surface area (Å²) in [6, 6.07) is 15.3. The van der Waals surface area contributed by atoms with Crippen LogP contribution in [0.4, 0.5) is 20.6 Å². The number of carboxylic acids is 1. The van der Waals surface area contributed by atoms with Gasteiger partial charge in [-0.25, -0.2) is 19.0 Å². The highest BCUT2D eigenvalue weighted by Gasteiger charge is 2.36. The quantitative estimate of drug-likeness (QED) is 0.348. The Bertz CT molecular complexity index is 1340. The molecule has 0 saturated carbocycles. The number of hydrogen-bond donors (Lipinski definition) is 3. The number of carbonyl (C=O) groups is 3. The van der Waals surface area contributed by atoms with Crippen LogP contribution in [-0.2, 0) is 11.2 Å². The van der Waals surface area contributed by atoms with Crippen LogP contribution < -0.4 is 15.4 Å². The topological polar surface area (TPSA) is 121 Å². The van der Waals surface area contributed by atoms with Crippen LogP contribution in [0.15, 0.2) is 60.7 Å². The fourth-order valence-electron chi connectivity index (χ4n) is 4.12. The lowest BCUT2D eigenvalue weighted by molar-refractivity contribution is -0.132. The summed E-state index contributed by atoms with van der Waals surface area (Å²) in [5, 5.41) is 14.4. The molecule has 198 valence electrons. The largest absolute Gasteiger partial charge is 0.491 e. The lowest BCUT2D eigenvalue weighted by Gasteiger charge is -2.24. The van der Waals surface area contributed by atoms with Crippen molar-refractivity contribution in [2.24, 2.45) is 0 Å². The van der Waals surface area contributed by atoms with Crippen LogP contribution in [0.3, 0.4) is 0 Å². The van der Waals surface area contributed by atoms with Gasteiger partial charge in [0.15, 0.2) is 5.15 Å². The summed E-state index contributed by atoms with van der Waals surface area (Å²) in [4.78, 5) is 42.0. The molecular formula is C27H26ClFN4O5. The number of carboxylic acid groups (broad SMARTS) is 1. The molecule has 2 atom stereocenters. The molecule has 3 amide bonds. The molecule has 0 aliphatic carbocycles. The van der Waals surface area contributed by atoms with Crippen molar-refractivity contribution in [3.8, 4) is 5.75 Å². The minimum absolute atomic E-state index is 0.0183. The summed E-state index contributed by atoms with van der Waals surface area (Å²) in [5.74, 6) is -0.957. The van der Waals surface area contributed by atoms with Crippen molar-refractivity contribution >= 4 is 40.9 Å². The van der Waals surface area contributed by atoms with Crippen molar-refractivity contribution in [3.63, 3.8) is 0 Å². The van der Waals surface area contributed by atoms with E-state index in [9.17, 15) is 18.8 Å². The van der Waals surface area contributed by atoms with E-state index in [0.29, 0.717) is 17.1 Å². The molecule has 3 N–H and O–H groups in total. The Morgan fingerprint density at radius 1 is 1.08 bits per heavy atom. The third kappa shape index (κ3) is 6.77. The Balaban J connectivity index is 1.34. The van der Waals surface area contributed by atoms with Gasteiger partial charge < -0.3 is 25.4 Å². The maximum atomic E-state index is 14.2. The zero-order valence-corrected chi connectivity index (χ0v) is 21.2. The number of urea groups is 1. The molecule has 1 aliphatic heterocycles. The average molecular weight is 541 g/mol. The zero-order chi connectivity index (χ0) is 27.2. The number of ether oxygens (including phenoxy) is 1. The van der Waals surface area contributed by atoms with E-state index in [1.165, 1.54) is 29.2 Å². The SMILES string of the molecule is Cc1ccccc1NC(=O)Nc1ccc(CC(=O)N2CC(F)CC2COc2ccc(C(=O)O)cc2)nc1Cl. The van der Waals surface area contributed by atoms with E-state index in [0.717, 1.165) is 5.56 Å². The number of alkyl halides is 1. The second kappa shape index (κ2) is 11.9. The highest BCUT2D eigenvalue weighted by Crippen LogP contribution is 2.25. The molecule has 9 nitrogen and oxygen atoms in total. The van der Waals surface area contributed by atoms with E-state index in [4.69, 9.17) is 21.4 Å². The number of carbonyl (C=O) groups excluding carboxylic acids is 2. The minimum atomic E-state index is -1.18. The van der Waals surface area contributed by atoms with Crippen LogP contribution in [-0.4, -0.2) is 58.3 Å². The molecule has 0 bridgehead atoms. The fourth-order valence-corrected chi connectivity index (χ4v) is 4.34. The van der Waals surface area contributed by atoms with E-state index >= 15 is 0 Å².